The molecule has 1 fully saturated rings. The predicted octanol–water partition coefficient (Wildman–Crippen LogP) is -1.02. The molecule has 1 saturated heterocycles. The van der Waals surface area contributed by atoms with Crippen LogP contribution in [0.15, 0.2) is 24.3 Å². The van der Waals surface area contributed by atoms with Gasteiger partial charge in [-0.25, -0.2) is 4.68 Å². The number of benzene rings is 1. The average molecular weight is 346 g/mol. The molecule has 1 aromatic heterocycles. The van der Waals surface area contributed by atoms with E-state index in [1.807, 2.05) is 16.8 Å². The van der Waals surface area contributed by atoms with Gasteiger partial charge >= 0.3 is 0 Å². The number of rotatable bonds is 7. The first-order valence-corrected chi connectivity index (χ1v) is 9.26. The molecule has 0 aliphatic carbocycles. The van der Waals surface area contributed by atoms with Crippen LogP contribution in [-0.2, 0) is 6.54 Å². The van der Waals surface area contributed by atoms with E-state index in [2.05, 4.69) is 41.6 Å². The lowest BCUT2D eigenvalue weighted by atomic mass is 10.1. The SMILES string of the molecule is CCC[C@@H](c1nnnn1Cc1ccc(OC)cc1)[NH+]1CC[NH+](C)CC1. The van der Waals surface area contributed by atoms with Crippen LogP contribution in [0.3, 0.4) is 0 Å². The van der Waals surface area contributed by atoms with Crippen LogP contribution in [0.25, 0.3) is 0 Å². The highest BCUT2D eigenvalue weighted by Gasteiger charge is 2.32. The van der Waals surface area contributed by atoms with Crippen LogP contribution in [-0.4, -0.2) is 60.5 Å². The van der Waals surface area contributed by atoms with Crippen molar-refractivity contribution in [2.45, 2.75) is 32.4 Å². The highest BCUT2D eigenvalue weighted by molar-refractivity contribution is 5.27. The van der Waals surface area contributed by atoms with E-state index in [9.17, 15) is 0 Å². The van der Waals surface area contributed by atoms with Crippen LogP contribution in [0, 0.1) is 0 Å². The number of quaternary nitrogens is 2. The molecular weight excluding hydrogens is 316 g/mol. The zero-order valence-corrected chi connectivity index (χ0v) is 15.5. The number of ether oxygens (including phenoxy) is 1. The van der Waals surface area contributed by atoms with Gasteiger partial charge in [0.15, 0.2) is 0 Å². The highest BCUT2D eigenvalue weighted by atomic mass is 16.5. The minimum Gasteiger partial charge on any atom is -0.497 e. The fraction of sp³-hybridized carbons (Fsp3) is 0.611. The monoisotopic (exact) mass is 346 g/mol. The maximum Gasteiger partial charge on any atom is 0.209 e. The third-order valence-corrected chi connectivity index (χ3v) is 5.18. The van der Waals surface area contributed by atoms with Gasteiger partial charge in [-0.3, -0.25) is 0 Å². The summed E-state index contributed by atoms with van der Waals surface area (Å²) < 4.78 is 7.21. The molecule has 0 spiro atoms. The summed E-state index contributed by atoms with van der Waals surface area (Å²) in [6, 6.07) is 8.50. The van der Waals surface area contributed by atoms with Gasteiger partial charge in [0.25, 0.3) is 0 Å². The molecule has 2 N–H and O–H groups in total. The Balaban J connectivity index is 1.77. The maximum absolute atomic E-state index is 5.23. The molecule has 0 bridgehead atoms. The largest absolute Gasteiger partial charge is 0.497 e. The number of aromatic nitrogens is 4. The minimum absolute atomic E-state index is 0.381. The molecule has 0 saturated carbocycles. The zero-order chi connectivity index (χ0) is 17.6. The van der Waals surface area contributed by atoms with Crippen molar-refractivity contribution in [3.63, 3.8) is 0 Å². The Morgan fingerprint density at radius 3 is 2.52 bits per heavy atom. The average Bonchev–Trinajstić information content (AvgIpc) is 3.09. The summed E-state index contributed by atoms with van der Waals surface area (Å²) in [5.41, 5.74) is 1.18. The van der Waals surface area contributed by atoms with Gasteiger partial charge < -0.3 is 14.5 Å². The Morgan fingerprint density at radius 1 is 1.16 bits per heavy atom. The molecule has 136 valence electrons. The number of nitrogens with one attached hydrogen (secondary N) is 2. The van der Waals surface area contributed by atoms with E-state index in [4.69, 9.17) is 4.74 Å². The fourth-order valence-corrected chi connectivity index (χ4v) is 3.63. The van der Waals surface area contributed by atoms with Gasteiger partial charge in [-0.15, -0.1) is 5.10 Å². The summed E-state index contributed by atoms with van der Waals surface area (Å²) in [6.45, 7) is 7.75. The summed E-state index contributed by atoms with van der Waals surface area (Å²) >= 11 is 0. The van der Waals surface area contributed by atoms with Crippen LogP contribution < -0.4 is 14.5 Å². The lowest BCUT2D eigenvalue weighted by molar-refractivity contribution is -1.02. The lowest BCUT2D eigenvalue weighted by Gasteiger charge is -2.32. The maximum atomic E-state index is 5.23. The van der Waals surface area contributed by atoms with Crippen molar-refractivity contribution in [2.75, 3.05) is 40.3 Å². The second-order valence-electron chi connectivity index (χ2n) is 7.00. The van der Waals surface area contributed by atoms with E-state index < -0.39 is 0 Å². The zero-order valence-electron chi connectivity index (χ0n) is 15.5. The van der Waals surface area contributed by atoms with Gasteiger partial charge in [-0.2, -0.15) is 0 Å². The van der Waals surface area contributed by atoms with Crippen LogP contribution in [0.1, 0.15) is 37.2 Å². The summed E-state index contributed by atoms with van der Waals surface area (Å²) in [6.07, 6.45) is 2.27. The van der Waals surface area contributed by atoms with E-state index >= 15 is 0 Å². The molecule has 0 unspecified atom stereocenters. The molecule has 0 amide bonds. The normalized spacial score (nSPS) is 21.9. The molecular formula is C18H30N6O+2. The van der Waals surface area contributed by atoms with E-state index in [1.54, 1.807) is 16.9 Å². The van der Waals surface area contributed by atoms with Gasteiger partial charge in [0.05, 0.1) is 20.7 Å². The molecule has 7 heteroatoms. The van der Waals surface area contributed by atoms with Gasteiger partial charge in [0.2, 0.25) is 5.82 Å². The first-order valence-electron chi connectivity index (χ1n) is 9.26. The van der Waals surface area contributed by atoms with Crippen molar-refractivity contribution in [1.29, 1.82) is 0 Å². The van der Waals surface area contributed by atoms with Crippen LogP contribution in [0.5, 0.6) is 5.75 Å². The van der Waals surface area contributed by atoms with Gasteiger partial charge in [0.1, 0.15) is 38.0 Å². The predicted molar refractivity (Wildman–Crippen MR) is 94.9 cm³/mol. The minimum atomic E-state index is 0.381. The van der Waals surface area contributed by atoms with Crippen molar-refractivity contribution in [3.8, 4) is 5.75 Å². The third-order valence-electron chi connectivity index (χ3n) is 5.18. The number of likely N-dealkylation sites (N-methyl/N-ethyl adjacent to an activating group) is 1. The second kappa shape index (κ2) is 8.40. The quantitative estimate of drug-likeness (QED) is 0.674. The van der Waals surface area contributed by atoms with E-state index in [-0.39, 0.29) is 0 Å². The number of piperazine rings is 1. The summed E-state index contributed by atoms with van der Waals surface area (Å²) in [7, 11) is 3.96. The lowest BCUT2D eigenvalue weighted by Crippen LogP contribution is -3.27. The number of hydrogen-bond acceptors (Lipinski definition) is 4. The smallest absolute Gasteiger partial charge is 0.209 e. The van der Waals surface area contributed by atoms with Crippen molar-refractivity contribution >= 4 is 0 Å². The molecule has 2 heterocycles. The number of tetrazole rings is 1. The van der Waals surface area contributed by atoms with Gasteiger partial charge in [-0.05, 0) is 28.1 Å². The van der Waals surface area contributed by atoms with Gasteiger partial charge in [0, 0.05) is 6.42 Å². The van der Waals surface area contributed by atoms with Crippen LogP contribution in [0.4, 0.5) is 0 Å². The van der Waals surface area contributed by atoms with Crippen LogP contribution >= 0.6 is 0 Å². The Labute approximate surface area is 149 Å². The van der Waals surface area contributed by atoms with Crippen molar-refractivity contribution in [1.82, 2.24) is 20.2 Å². The molecule has 0 radical (unpaired) electrons. The molecule has 1 aliphatic rings. The molecule has 1 aliphatic heterocycles. The van der Waals surface area contributed by atoms with Crippen molar-refractivity contribution in [2.24, 2.45) is 0 Å². The molecule has 1 atom stereocenters. The Morgan fingerprint density at radius 2 is 1.88 bits per heavy atom. The first kappa shape index (κ1) is 17.8. The third kappa shape index (κ3) is 4.35. The molecule has 3 rings (SSSR count). The second-order valence-corrected chi connectivity index (χ2v) is 7.00. The van der Waals surface area contributed by atoms with E-state index in [1.165, 1.54) is 31.7 Å². The Kier molecular flexibility index (Phi) is 5.99. The number of nitrogens with zero attached hydrogens (tertiary/aromatic N) is 4. The van der Waals surface area contributed by atoms with E-state index in [0.29, 0.717) is 12.6 Å². The summed E-state index contributed by atoms with van der Waals surface area (Å²) in [5.74, 6) is 1.89. The van der Waals surface area contributed by atoms with Gasteiger partial charge in [-0.1, -0.05) is 25.5 Å². The topological polar surface area (TPSA) is 61.7 Å². The number of hydrogen-bond donors (Lipinski definition) is 2. The fourth-order valence-electron chi connectivity index (χ4n) is 3.63. The molecule has 2 aromatic rings. The van der Waals surface area contributed by atoms with Crippen molar-refractivity contribution in [3.05, 3.63) is 35.7 Å². The summed E-state index contributed by atoms with van der Waals surface area (Å²) in [5, 5.41) is 12.7. The molecule has 1 aromatic carbocycles. The number of methoxy groups -OCH3 is 1. The molecule has 7 nitrogen and oxygen atoms in total. The standard InChI is InChI=1S/C18H28N6O/c1-4-5-17(23-12-10-22(2)11-13-23)18-19-20-21-24(18)14-15-6-8-16(25-3)9-7-15/h6-9,17H,4-5,10-14H2,1-3H3/p+2/t17-/m0/s1. The highest BCUT2D eigenvalue weighted by Crippen LogP contribution is 2.16. The Hall–Kier alpha value is -1.99. The Bertz CT molecular complexity index is 648. The summed E-state index contributed by atoms with van der Waals surface area (Å²) in [4.78, 5) is 3.25. The van der Waals surface area contributed by atoms with Crippen molar-refractivity contribution < 1.29 is 14.5 Å². The molecule has 25 heavy (non-hydrogen) atoms. The van der Waals surface area contributed by atoms with E-state index in [0.717, 1.165) is 24.4 Å². The van der Waals surface area contributed by atoms with Crippen LogP contribution in [0.2, 0.25) is 0 Å². The first-order chi connectivity index (χ1) is 12.2.